The van der Waals surface area contributed by atoms with E-state index < -0.39 is 5.41 Å². The lowest BCUT2D eigenvalue weighted by Gasteiger charge is -2.19. The number of benzene rings is 1. The summed E-state index contributed by atoms with van der Waals surface area (Å²) in [5.74, 6) is -0.0443. The van der Waals surface area contributed by atoms with Gasteiger partial charge in [0.25, 0.3) is 0 Å². The standard InChI is InChI=1S/C22H28N4OS2/c1-13-17(29-20(23-13)26-18(27)22(5,6)7)16-12-28-19(25-16)24-15-10-8-14(9-11-15)21(2,3)4/h8-12H,1-7H3,(H,24,25)(H,23,26,27). The molecule has 7 heteroatoms. The molecule has 0 spiro atoms. The third kappa shape index (κ3) is 5.22. The number of hydrogen-bond donors (Lipinski definition) is 2. The van der Waals surface area contributed by atoms with Gasteiger partial charge in [0.05, 0.1) is 16.3 Å². The molecule has 1 amide bonds. The van der Waals surface area contributed by atoms with Gasteiger partial charge in [-0.1, -0.05) is 65.0 Å². The van der Waals surface area contributed by atoms with Gasteiger partial charge in [-0.05, 0) is 30.0 Å². The molecule has 0 aliphatic rings. The molecule has 0 saturated carbocycles. The van der Waals surface area contributed by atoms with E-state index in [1.165, 1.54) is 16.9 Å². The van der Waals surface area contributed by atoms with E-state index in [0.717, 1.165) is 27.1 Å². The molecule has 0 bridgehead atoms. The van der Waals surface area contributed by atoms with Gasteiger partial charge in [0, 0.05) is 16.5 Å². The van der Waals surface area contributed by atoms with Crippen molar-refractivity contribution in [1.29, 1.82) is 0 Å². The molecule has 0 aliphatic heterocycles. The highest BCUT2D eigenvalue weighted by Crippen LogP contribution is 2.36. The largest absolute Gasteiger partial charge is 0.332 e. The minimum Gasteiger partial charge on any atom is -0.332 e. The Morgan fingerprint density at radius 3 is 2.21 bits per heavy atom. The summed E-state index contributed by atoms with van der Waals surface area (Å²) in [6, 6.07) is 8.46. The van der Waals surface area contributed by atoms with E-state index in [1.54, 1.807) is 11.3 Å². The van der Waals surface area contributed by atoms with Gasteiger partial charge in [-0.15, -0.1) is 11.3 Å². The highest BCUT2D eigenvalue weighted by atomic mass is 32.1. The van der Waals surface area contributed by atoms with E-state index in [-0.39, 0.29) is 11.3 Å². The Hall–Kier alpha value is -2.25. The van der Waals surface area contributed by atoms with Gasteiger partial charge in [0.15, 0.2) is 10.3 Å². The fourth-order valence-corrected chi connectivity index (χ4v) is 4.30. The van der Waals surface area contributed by atoms with Gasteiger partial charge in [-0.3, -0.25) is 4.79 Å². The molecule has 1 aromatic carbocycles. The molecule has 3 aromatic rings. The number of thiazole rings is 2. The number of carbonyl (C=O) groups excluding carboxylic acids is 1. The Morgan fingerprint density at radius 1 is 0.966 bits per heavy atom. The van der Waals surface area contributed by atoms with Crippen molar-refractivity contribution in [3.63, 3.8) is 0 Å². The monoisotopic (exact) mass is 428 g/mol. The maximum atomic E-state index is 12.2. The summed E-state index contributed by atoms with van der Waals surface area (Å²) in [4.78, 5) is 22.4. The van der Waals surface area contributed by atoms with Crippen LogP contribution < -0.4 is 10.6 Å². The van der Waals surface area contributed by atoms with Gasteiger partial charge >= 0.3 is 0 Å². The van der Waals surface area contributed by atoms with E-state index in [9.17, 15) is 4.79 Å². The van der Waals surface area contributed by atoms with Gasteiger partial charge in [-0.25, -0.2) is 9.97 Å². The van der Waals surface area contributed by atoms with E-state index in [4.69, 9.17) is 4.98 Å². The number of rotatable bonds is 4. The first-order chi connectivity index (χ1) is 13.4. The van der Waals surface area contributed by atoms with E-state index in [1.807, 2.05) is 33.1 Å². The third-order valence-corrected chi connectivity index (χ3v) is 6.29. The van der Waals surface area contributed by atoms with E-state index in [2.05, 4.69) is 60.7 Å². The topological polar surface area (TPSA) is 66.9 Å². The first kappa shape index (κ1) is 21.5. The van der Waals surface area contributed by atoms with Crippen molar-refractivity contribution < 1.29 is 4.79 Å². The van der Waals surface area contributed by atoms with Gasteiger partial charge in [-0.2, -0.15) is 0 Å². The van der Waals surface area contributed by atoms with Crippen LogP contribution in [0.2, 0.25) is 0 Å². The zero-order valence-electron chi connectivity index (χ0n) is 18.0. The molecule has 5 nitrogen and oxygen atoms in total. The average molecular weight is 429 g/mol. The van der Waals surface area contributed by atoms with Crippen LogP contribution in [0, 0.1) is 12.3 Å². The average Bonchev–Trinajstić information content (AvgIpc) is 3.20. The smallest absolute Gasteiger partial charge is 0.231 e. The maximum Gasteiger partial charge on any atom is 0.231 e. The Morgan fingerprint density at radius 2 is 1.62 bits per heavy atom. The number of aromatic nitrogens is 2. The first-order valence-corrected chi connectivity index (χ1v) is 11.3. The van der Waals surface area contributed by atoms with E-state index >= 15 is 0 Å². The molecule has 2 aromatic heterocycles. The number of amides is 1. The maximum absolute atomic E-state index is 12.2. The normalized spacial score (nSPS) is 12.1. The Kier molecular flexibility index (Phi) is 5.83. The van der Waals surface area contributed by atoms with Gasteiger partial charge in [0.1, 0.15) is 0 Å². The SMILES string of the molecule is Cc1nc(NC(=O)C(C)(C)C)sc1-c1csc(Nc2ccc(C(C)(C)C)cc2)n1. The molecule has 3 rings (SSSR count). The van der Waals surface area contributed by atoms with Gasteiger partial charge in [0.2, 0.25) is 5.91 Å². The lowest BCUT2D eigenvalue weighted by atomic mass is 9.87. The van der Waals surface area contributed by atoms with Crippen molar-refractivity contribution >= 4 is 44.5 Å². The minimum absolute atomic E-state index is 0.0443. The molecular formula is C22H28N4OS2. The van der Waals surface area contributed by atoms with Gasteiger partial charge < -0.3 is 10.6 Å². The van der Waals surface area contributed by atoms with Crippen LogP contribution in [0.15, 0.2) is 29.6 Å². The molecule has 2 heterocycles. The number of nitrogens with zero attached hydrogens (tertiary/aromatic N) is 2. The molecule has 0 saturated heterocycles. The highest BCUT2D eigenvalue weighted by molar-refractivity contribution is 7.20. The lowest BCUT2D eigenvalue weighted by Crippen LogP contribution is -2.27. The summed E-state index contributed by atoms with van der Waals surface area (Å²) in [6.45, 7) is 14.2. The summed E-state index contributed by atoms with van der Waals surface area (Å²) in [5.41, 5.74) is 3.73. The molecule has 0 unspecified atom stereocenters. The summed E-state index contributed by atoms with van der Waals surface area (Å²) in [7, 11) is 0. The number of aryl methyl sites for hydroxylation is 1. The van der Waals surface area contributed by atoms with Crippen LogP contribution in [0.25, 0.3) is 10.6 Å². The Bertz CT molecular complexity index is 1000. The predicted octanol–water partition coefficient (Wildman–Crippen LogP) is 6.60. The fraction of sp³-hybridized carbons (Fsp3) is 0.409. The zero-order chi connectivity index (χ0) is 21.4. The predicted molar refractivity (Wildman–Crippen MR) is 124 cm³/mol. The fourth-order valence-electron chi connectivity index (χ4n) is 2.58. The molecule has 154 valence electrons. The van der Waals surface area contributed by atoms with Crippen molar-refractivity contribution in [1.82, 2.24) is 9.97 Å². The summed E-state index contributed by atoms with van der Waals surface area (Å²) in [5, 5.41) is 9.73. The van der Waals surface area contributed by atoms with Crippen molar-refractivity contribution in [2.75, 3.05) is 10.6 Å². The minimum atomic E-state index is -0.458. The number of carbonyl (C=O) groups is 1. The Balaban J connectivity index is 1.74. The lowest BCUT2D eigenvalue weighted by molar-refractivity contribution is -0.123. The van der Waals surface area contributed by atoms with Crippen LogP contribution in [0.4, 0.5) is 16.0 Å². The molecule has 0 aliphatic carbocycles. The molecule has 0 atom stereocenters. The van der Waals surface area contributed by atoms with Crippen molar-refractivity contribution in [2.45, 2.75) is 53.9 Å². The molecule has 0 fully saturated rings. The van der Waals surface area contributed by atoms with Crippen LogP contribution in [-0.2, 0) is 10.2 Å². The van der Waals surface area contributed by atoms with Crippen molar-refractivity contribution in [2.24, 2.45) is 5.41 Å². The number of nitrogens with one attached hydrogen (secondary N) is 2. The zero-order valence-corrected chi connectivity index (χ0v) is 19.6. The second-order valence-electron chi connectivity index (χ2n) is 9.13. The molecule has 0 radical (unpaired) electrons. The molecule has 29 heavy (non-hydrogen) atoms. The number of anilines is 3. The molecule has 2 N–H and O–H groups in total. The summed E-state index contributed by atoms with van der Waals surface area (Å²) >= 11 is 3.01. The van der Waals surface area contributed by atoms with Crippen LogP contribution in [0.3, 0.4) is 0 Å². The van der Waals surface area contributed by atoms with Crippen molar-refractivity contribution in [3.05, 3.63) is 40.9 Å². The van der Waals surface area contributed by atoms with Crippen LogP contribution >= 0.6 is 22.7 Å². The summed E-state index contributed by atoms with van der Waals surface area (Å²) < 4.78 is 0. The van der Waals surface area contributed by atoms with Crippen LogP contribution in [0.5, 0.6) is 0 Å². The van der Waals surface area contributed by atoms with Crippen LogP contribution in [0.1, 0.15) is 52.8 Å². The second kappa shape index (κ2) is 7.88. The Labute approximate surface area is 180 Å². The van der Waals surface area contributed by atoms with Crippen LogP contribution in [-0.4, -0.2) is 15.9 Å². The quantitative estimate of drug-likeness (QED) is 0.491. The molecular weight excluding hydrogens is 400 g/mol. The summed E-state index contributed by atoms with van der Waals surface area (Å²) in [6.07, 6.45) is 0. The van der Waals surface area contributed by atoms with Crippen molar-refractivity contribution in [3.8, 4) is 10.6 Å². The van der Waals surface area contributed by atoms with E-state index in [0.29, 0.717) is 5.13 Å². The number of hydrogen-bond acceptors (Lipinski definition) is 6. The third-order valence-electron chi connectivity index (χ3n) is 4.44. The second-order valence-corrected chi connectivity index (χ2v) is 11.0. The first-order valence-electron chi connectivity index (χ1n) is 9.56. The highest BCUT2D eigenvalue weighted by Gasteiger charge is 2.23.